The van der Waals surface area contributed by atoms with Gasteiger partial charge in [-0.25, -0.2) is 0 Å². The van der Waals surface area contributed by atoms with E-state index in [1.165, 1.54) is 0 Å². The molecule has 3 saturated carbocycles. The maximum absolute atomic E-state index is 12.0. The van der Waals surface area contributed by atoms with E-state index in [1.807, 2.05) is 6.92 Å². The van der Waals surface area contributed by atoms with Gasteiger partial charge in [-0.05, 0) is 67.8 Å². The van der Waals surface area contributed by atoms with Crippen LogP contribution in [0.4, 0.5) is 0 Å². The highest BCUT2D eigenvalue weighted by atomic mass is 32.2. The van der Waals surface area contributed by atoms with Crippen molar-refractivity contribution in [3.05, 3.63) is 11.6 Å². The quantitative estimate of drug-likeness (QED) is 0.565. The summed E-state index contributed by atoms with van der Waals surface area (Å²) in [5.41, 5.74) is -1.39. The molecule has 0 aromatic heterocycles. The zero-order valence-electron chi connectivity index (χ0n) is 18.0. The highest BCUT2D eigenvalue weighted by Gasteiger charge is 2.68. The largest absolute Gasteiger partial charge is 0.394 e. The van der Waals surface area contributed by atoms with Crippen molar-refractivity contribution in [2.24, 2.45) is 28.6 Å². The van der Waals surface area contributed by atoms with Crippen LogP contribution >= 0.6 is 0 Å². The fourth-order valence-electron chi connectivity index (χ4n) is 7.73. The van der Waals surface area contributed by atoms with E-state index in [4.69, 9.17) is 4.18 Å². The first-order valence-electron chi connectivity index (χ1n) is 11.0. The van der Waals surface area contributed by atoms with E-state index in [2.05, 4.69) is 6.92 Å². The number of allylic oxidation sites excluding steroid dienone is 1. The lowest BCUT2D eigenvalue weighted by Gasteiger charge is -2.61. The molecule has 0 aromatic carbocycles. The number of aliphatic hydroxyl groups is 3. The Balaban J connectivity index is 1.70. The molecule has 0 aromatic rings. The lowest BCUT2D eigenvalue weighted by molar-refractivity contribution is -0.201. The van der Waals surface area contributed by atoms with Crippen LogP contribution in [0, 0.1) is 28.6 Å². The van der Waals surface area contributed by atoms with E-state index in [0.717, 1.165) is 31.1 Å². The minimum absolute atomic E-state index is 0.00873. The first kappa shape index (κ1) is 22.4. The monoisotopic (exact) mass is 442 g/mol. The van der Waals surface area contributed by atoms with Crippen molar-refractivity contribution < 1.29 is 32.7 Å². The van der Waals surface area contributed by atoms with Gasteiger partial charge in [-0.2, -0.15) is 8.42 Å². The molecular formula is C22H34O7S. The smallest absolute Gasteiger partial charge is 0.264 e. The Bertz CT molecular complexity index is 867. The highest BCUT2D eigenvalue weighted by Crippen LogP contribution is 2.68. The summed E-state index contributed by atoms with van der Waals surface area (Å²) in [4.78, 5) is 12.0. The van der Waals surface area contributed by atoms with Crippen molar-refractivity contribution in [1.82, 2.24) is 0 Å². The molecular weight excluding hydrogens is 408 g/mol. The SMILES string of the molecule is C[C@]12CCC(=O)C=C1CC[C@@H]1[C@@H]2[C@@H](O)C[C@@]2(C)[C@H]1CC[C@]2(O)C(CO)OS(C)(=O)=O. The lowest BCUT2D eigenvalue weighted by atomic mass is 9.45. The minimum atomic E-state index is -3.87. The summed E-state index contributed by atoms with van der Waals surface area (Å²) in [6.45, 7) is 3.47. The van der Waals surface area contributed by atoms with E-state index in [-0.39, 0.29) is 29.0 Å². The maximum atomic E-state index is 12.0. The molecule has 4 rings (SSSR count). The molecule has 0 heterocycles. The first-order valence-corrected chi connectivity index (χ1v) is 12.8. The van der Waals surface area contributed by atoms with E-state index >= 15 is 0 Å². The van der Waals surface area contributed by atoms with Crippen LogP contribution in [0.15, 0.2) is 11.6 Å². The summed E-state index contributed by atoms with van der Waals surface area (Å²) in [5, 5.41) is 32.9. The molecule has 0 saturated heterocycles. The Labute approximate surface area is 178 Å². The summed E-state index contributed by atoms with van der Waals surface area (Å²) in [6.07, 6.45) is 4.97. The number of ketones is 1. The molecule has 3 fully saturated rings. The Morgan fingerprint density at radius 3 is 2.57 bits per heavy atom. The Morgan fingerprint density at radius 1 is 1.23 bits per heavy atom. The zero-order chi connectivity index (χ0) is 22.1. The van der Waals surface area contributed by atoms with Gasteiger partial charge in [0, 0.05) is 11.8 Å². The second-order valence-corrected chi connectivity index (χ2v) is 12.1. The number of carbonyl (C=O) groups is 1. The summed E-state index contributed by atoms with van der Waals surface area (Å²) in [7, 11) is -3.87. The van der Waals surface area contributed by atoms with Gasteiger partial charge in [-0.3, -0.25) is 8.98 Å². The molecule has 0 spiro atoms. The molecule has 8 heteroatoms. The van der Waals surface area contributed by atoms with Gasteiger partial charge in [0.2, 0.25) is 0 Å². The third-order valence-electron chi connectivity index (χ3n) is 9.10. The molecule has 1 unspecified atom stereocenters. The van der Waals surface area contributed by atoms with E-state index < -0.39 is 39.9 Å². The van der Waals surface area contributed by atoms with Crippen molar-refractivity contribution in [1.29, 1.82) is 0 Å². The number of rotatable bonds is 4. The van der Waals surface area contributed by atoms with Gasteiger partial charge in [0.15, 0.2) is 5.78 Å². The first-order chi connectivity index (χ1) is 13.9. The topological polar surface area (TPSA) is 121 Å². The molecule has 170 valence electrons. The highest BCUT2D eigenvalue weighted by molar-refractivity contribution is 7.86. The molecule has 8 atom stereocenters. The Hall–Kier alpha value is -0.800. The van der Waals surface area contributed by atoms with E-state index in [0.29, 0.717) is 25.7 Å². The van der Waals surface area contributed by atoms with Crippen LogP contribution in [-0.2, 0) is 19.1 Å². The summed E-state index contributed by atoms with van der Waals surface area (Å²) >= 11 is 0. The molecule has 4 aliphatic rings. The van der Waals surface area contributed by atoms with Crippen LogP contribution in [0.2, 0.25) is 0 Å². The summed E-state index contributed by atoms with van der Waals surface area (Å²) < 4.78 is 28.6. The normalized spacial score (nSPS) is 47.1. The Kier molecular flexibility index (Phi) is 5.30. The van der Waals surface area contributed by atoms with Crippen LogP contribution in [-0.4, -0.2) is 60.2 Å². The van der Waals surface area contributed by atoms with Crippen LogP contribution < -0.4 is 0 Å². The molecule has 0 amide bonds. The van der Waals surface area contributed by atoms with Crippen LogP contribution in [0.3, 0.4) is 0 Å². The average Bonchev–Trinajstić information content (AvgIpc) is 2.91. The zero-order valence-corrected chi connectivity index (χ0v) is 18.8. The molecule has 7 nitrogen and oxygen atoms in total. The fraction of sp³-hybridized carbons (Fsp3) is 0.864. The van der Waals surface area contributed by atoms with Crippen molar-refractivity contribution in [2.45, 2.75) is 76.6 Å². The third-order valence-corrected chi connectivity index (χ3v) is 9.68. The Morgan fingerprint density at radius 2 is 1.93 bits per heavy atom. The molecule has 0 radical (unpaired) electrons. The van der Waals surface area contributed by atoms with Crippen LogP contribution in [0.1, 0.15) is 58.8 Å². The van der Waals surface area contributed by atoms with Gasteiger partial charge >= 0.3 is 0 Å². The predicted octanol–water partition coefficient (Wildman–Crippen LogP) is 1.56. The van der Waals surface area contributed by atoms with Gasteiger partial charge in [0.1, 0.15) is 11.7 Å². The van der Waals surface area contributed by atoms with Gasteiger partial charge in [0.05, 0.1) is 19.0 Å². The number of hydrogen-bond acceptors (Lipinski definition) is 7. The predicted molar refractivity (Wildman–Crippen MR) is 110 cm³/mol. The van der Waals surface area contributed by atoms with E-state index in [9.17, 15) is 28.5 Å². The molecule has 3 N–H and O–H groups in total. The number of hydrogen-bond donors (Lipinski definition) is 3. The standard InChI is InChI=1S/C22H34O7S/c1-20-8-6-14(24)10-13(20)4-5-15-16-7-9-22(26,18(12-23)29-30(3,27)28)21(16,2)11-17(25)19(15)20/h10,15-19,23,25-26H,4-9,11-12H2,1-3H3/t15-,16-,17-,18?,19+,20-,21-,22-/m0/s1. The van der Waals surface area contributed by atoms with Crippen molar-refractivity contribution in [3.63, 3.8) is 0 Å². The lowest BCUT2D eigenvalue weighted by Crippen LogP contribution is -2.63. The molecule has 30 heavy (non-hydrogen) atoms. The minimum Gasteiger partial charge on any atom is -0.394 e. The number of fused-ring (bicyclic) bond motifs is 5. The number of carbonyl (C=O) groups excluding carboxylic acids is 1. The summed E-state index contributed by atoms with van der Waals surface area (Å²) in [5.74, 6) is 0.425. The molecule has 4 aliphatic carbocycles. The van der Waals surface area contributed by atoms with E-state index in [1.54, 1.807) is 6.08 Å². The van der Waals surface area contributed by atoms with Crippen molar-refractivity contribution in [2.75, 3.05) is 12.9 Å². The molecule has 0 bridgehead atoms. The van der Waals surface area contributed by atoms with Gasteiger partial charge in [-0.15, -0.1) is 0 Å². The van der Waals surface area contributed by atoms with Gasteiger partial charge in [-0.1, -0.05) is 19.4 Å². The van der Waals surface area contributed by atoms with Gasteiger partial charge < -0.3 is 15.3 Å². The van der Waals surface area contributed by atoms with Crippen LogP contribution in [0.25, 0.3) is 0 Å². The molecule has 0 aliphatic heterocycles. The average molecular weight is 443 g/mol. The van der Waals surface area contributed by atoms with Crippen molar-refractivity contribution >= 4 is 15.9 Å². The maximum Gasteiger partial charge on any atom is 0.264 e. The summed E-state index contributed by atoms with van der Waals surface area (Å²) in [6, 6.07) is 0. The third kappa shape index (κ3) is 3.13. The second kappa shape index (κ2) is 7.10. The number of aliphatic hydroxyl groups excluding tert-OH is 2. The fourth-order valence-corrected chi connectivity index (χ4v) is 8.37. The van der Waals surface area contributed by atoms with Crippen LogP contribution in [0.5, 0.6) is 0 Å². The second-order valence-electron chi connectivity index (χ2n) is 10.5. The van der Waals surface area contributed by atoms with Crippen molar-refractivity contribution in [3.8, 4) is 0 Å². The van der Waals surface area contributed by atoms with Gasteiger partial charge in [0.25, 0.3) is 10.1 Å².